The molecule has 5 atom stereocenters. The Kier molecular flexibility index (Phi) is 12.2. The van der Waals surface area contributed by atoms with Crippen molar-refractivity contribution in [2.24, 2.45) is 5.92 Å². The molecule has 0 radical (unpaired) electrons. The number of carbonyl (C=O) groups is 2. The summed E-state index contributed by atoms with van der Waals surface area (Å²) in [5.41, 5.74) is 1.71. The van der Waals surface area contributed by atoms with Gasteiger partial charge in [0.1, 0.15) is 36.8 Å². The van der Waals surface area contributed by atoms with E-state index < -0.39 is 60.1 Å². The monoisotopic (exact) mass is 818 g/mol. The third-order valence-electron chi connectivity index (χ3n) is 11.8. The van der Waals surface area contributed by atoms with Crippen molar-refractivity contribution < 1.29 is 41.8 Å². The van der Waals surface area contributed by atoms with E-state index in [2.05, 4.69) is 15.3 Å². The zero-order valence-electron chi connectivity index (χ0n) is 34.1. The summed E-state index contributed by atoms with van der Waals surface area (Å²) in [6, 6.07) is 17.7. The average molecular weight is 819 g/mol. The number of aliphatic hydroxyl groups is 1. The predicted octanol–water partition coefficient (Wildman–Crippen LogP) is 5.91. The Labute approximate surface area is 342 Å². The van der Waals surface area contributed by atoms with Crippen LogP contribution in [0.5, 0.6) is 5.75 Å². The van der Waals surface area contributed by atoms with E-state index in [0.717, 1.165) is 28.7 Å². The van der Waals surface area contributed by atoms with E-state index in [1.165, 1.54) is 0 Å². The van der Waals surface area contributed by atoms with Crippen LogP contribution in [0.15, 0.2) is 83.7 Å². The molecule has 0 spiro atoms. The van der Waals surface area contributed by atoms with Crippen molar-refractivity contribution in [3.05, 3.63) is 102 Å². The normalized spacial score (nSPS) is 21.9. The molecule has 12 nitrogen and oxygen atoms in total. The third-order valence-corrected chi connectivity index (χ3v) is 11.8. The smallest absolute Gasteiger partial charge is 0.405 e. The number of hydrogen-bond donors (Lipinski definition) is 2. The predicted molar refractivity (Wildman–Crippen MR) is 213 cm³/mol. The number of nitrogens with zero attached hydrogens (tertiary/aromatic N) is 5. The Balaban J connectivity index is 1.11. The van der Waals surface area contributed by atoms with Gasteiger partial charge in [0.2, 0.25) is 17.7 Å². The van der Waals surface area contributed by atoms with E-state index in [1.54, 1.807) is 28.4 Å². The number of alkyl halides is 3. The number of carbonyl (C=O) groups excluding carboxylic acids is 2. The minimum Gasteiger partial charge on any atom is -0.490 e. The lowest BCUT2D eigenvalue weighted by Gasteiger charge is -2.46. The van der Waals surface area contributed by atoms with Gasteiger partial charge in [0, 0.05) is 55.6 Å². The Morgan fingerprint density at radius 3 is 2.51 bits per heavy atom. The molecule has 2 aromatic carbocycles. The average Bonchev–Trinajstić information content (AvgIpc) is 3.82. The molecule has 316 valence electrons. The first-order valence-corrected chi connectivity index (χ1v) is 20.2. The first-order valence-electron chi connectivity index (χ1n) is 20.2. The van der Waals surface area contributed by atoms with Crippen LogP contribution >= 0.6 is 0 Å². The zero-order chi connectivity index (χ0) is 42.1. The lowest BCUT2D eigenvalue weighted by molar-refractivity contribution is -0.153. The lowest BCUT2D eigenvalue weighted by Crippen LogP contribution is -2.63. The van der Waals surface area contributed by atoms with Crippen molar-refractivity contribution in [3.8, 4) is 17.1 Å². The number of pyridine rings is 1. The Hall–Kier alpha value is -4.83. The highest BCUT2D eigenvalue weighted by molar-refractivity contribution is 5.82. The fourth-order valence-corrected chi connectivity index (χ4v) is 8.67. The van der Waals surface area contributed by atoms with Crippen LogP contribution in [0.3, 0.4) is 0 Å². The maximum atomic E-state index is 14.9. The van der Waals surface area contributed by atoms with Crippen molar-refractivity contribution in [1.29, 1.82) is 0 Å². The van der Waals surface area contributed by atoms with Crippen molar-refractivity contribution in [3.63, 3.8) is 0 Å². The van der Waals surface area contributed by atoms with Gasteiger partial charge in [0.05, 0.1) is 23.9 Å². The molecule has 7 rings (SSSR count). The molecule has 2 aromatic heterocycles. The summed E-state index contributed by atoms with van der Waals surface area (Å²) in [6.07, 6.45) is 0.136. The quantitative estimate of drug-likeness (QED) is 0.168. The van der Waals surface area contributed by atoms with Gasteiger partial charge in [-0.1, -0.05) is 55.5 Å². The van der Waals surface area contributed by atoms with E-state index >= 15 is 0 Å². The Morgan fingerprint density at radius 1 is 1.02 bits per heavy atom. The summed E-state index contributed by atoms with van der Waals surface area (Å²) in [5, 5.41) is 13.9. The molecule has 3 aliphatic rings. The molecular weight excluding hydrogens is 766 g/mol. The summed E-state index contributed by atoms with van der Waals surface area (Å²) >= 11 is 0. The van der Waals surface area contributed by atoms with Crippen molar-refractivity contribution in [1.82, 2.24) is 30.0 Å². The number of para-hydroxylation sites is 1. The summed E-state index contributed by atoms with van der Waals surface area (Å²) in [5.74, 6) is -0.125. The highest BCUT2D eigenvalue weighted by atomic mass is 19.4. The van der Waals surface area contributed by atoms with Crippen LogP contribution in [0.1, 0.15) is 69.7 Å². The van der Waals surface area contributed by atoms with Crippen molar-refractivity contribution >= 4 is 11.8 Å². The van der Waals surface area contributed by atoms with E-state index in [0.29, 0.717) is 30.4 Å². The van der Waals surface area contributed by atoms with Crippen LogP contribution in [0.2, 0.25) is 0 Å². The molecule has 0 unspecified atom stereocenters. The van der Waals surface area contributed by atoms with Gasteiger partial charge < -0.3 is 29.2 Å². The van der Waals surface area contributed by atoms with Crippen LogP contribution in [0.25, 0.3) is 11.3 Å². The van der Waals surface area contributed by atoms with Gasteiger partial charge in [-0.05, 0) is 70.2 Å². The maximum Gasteiger partial charge on any atom is 0.405 e. The van der Waals surface area contributed by atoms with Gasteiger partial charge in [0.25, 0.3) is 0 Å². The SMILES string of the molecule is CCc1cncc(-c2cnc(C(C)(C)N3CCN(C[C@@H](O)C[C@@H](Cc4ccccc4)C(=O)N4[C@H]5c6ccccc6OC[C@H]5OC4(C)C)[C@H](C(=O)NCC(F)(F)F)C3)o2)c1. The molecule has 0 aliphatic carbocycles. The van der Waals surface area contributed by atoms with E-state index in [1.807, 2.05) is 100 Å². The minimum atomic E-state index is -4.62. The van der Waals surface area contributed by atoms with E-state index in [-0.39, 0.29) is 38.6 Å². The molecule has 0 bridgehead atoms. The maximum absolute atomic E-state index is 14.9. The number of aromatic nitrogens is 2. The third kappa shape index (κ3) is 9.33. The number of rotatable bonds is 13. The topological polar surface area (TPSA) is 134 Å². The fourth-order valence-electron chi connectivity index (χ4n) is 8.67. The largest absolute Gasteiger partial charge is 0.490 e. The molecule has 2 amide bonds. The van der Waals surface area contributed by atoms with Crippen molar-refractivity contribution in [2.75, 3.05) is 39.3 Å². The molecule has 0 saturated carbocycles. The number of ether oxygens (including phenoxy) is 2. The second kappa shape index (κ2) is 17.0. The van der Waals surface area contributed by atoms with E-state index in [9.17, 15) is 27.9 Å². The molecule has 2 saturated heterocycles. The van der Waals surface area contributed by atoms with Gasteiger partial charge in [-0.2, -0.15) is 13.2 Å². The molecule has 2 fully saturated rings. The number of fused-ring (bicyclic) bond motifs is 3. The number of hydrogen-bond acceptors (Lipinski definition) is 10. The summed E-state index contributed by atoms with van der Waals surface area (Å²) in [4.78, 5) is 42.9. The van der Waals surface area contributed by atoms with Gasteiger partial charge in [-0.25, -0.2) is 4.98 Å². The van der Waals surface area contributed by atoms with Gasteiger partial charge in [0.15, 0.2) is 5.76 Å². The fraction of sp³-hybridized carbons (Fsp3) is 0.500. The number of amides is 2. The number of piperazine rings is 1. The van der Waals surface area contributed by atoms with Crippen LogP contribution in [-0.2, 0) is 32.7 Å². The number of aryl methyl sites for hydroxylation is 1. The number of aliphatic hydroxyl groups excluding tert-OH is 1. The summed E-state index contributed by atoms with van der Waals surface area (Å²) < 4.78 is 58.8. The van der Waals surface area contributed by atoms with Crippen LogP contribution in [0.4, 0.5) is 13.2 Å². The number of nitrogens with one attached hydrogen (secondary N) is 1. The van der Waals surface area contributed by atoms with E-state index in [4.69, 9.17) is 13.9 Å². The van der Waals surface area contributed by atoms with Gasteiger partial charge in [-0.15, -0.1) is 0 Å². The first kappa shape index (κ1) is 42.3. The lowest BCUT2D eigenvalue weighted by atomic mass is 9.89. The van der Waals surface area contributed by atoms with Gasteiger partial charge in [-0.3, -0.25) is 24.4 Å². The van der Waals surface area contributed by atoms with Crippen molar-refractivity contribution in [2.45, 2.75) is 95.6 Å². The number of benzene rings is 2. The molecule has 15 heteroatoms. The van der Waals surface area contributed by atoms with Gasteiger partial charge >= 0.3 is 6.18 Å². The molecule has 4 aromatic rings. The molecule has 2 N–H and O–H groups in total. The standard InChI is InChI=1S/C44H53F3N6O6/c1-6-28-18-31(22-48-21-28)36-23-49-41(58-36)42(2,3)52-17-16-51(34(25-52)39(55)50-27-44(45,46)47)24-32(54)20-30(19-29-12-8-7-9-13-29)40(56)53-38-33-14-10-11-15-35(33)57-26-37(38)59-43(53,4)5/h7-15,18,21-23,30,32,34,37-38,54H,6,16-17,19-20,24-27H2,1-5H3,(H,50,55)/t30-,32+,34+,37-,38+/m1/s1. The highest BCUT2D eigenvalue weighted by Crippen LogP contribution is 2.48. The molecule has 59 heavy (non-hydrogen) atoms. The molecule has 3 aliphatic heterocycles. The zero-order valence-corrected chi connectivity index (χ0v) is 34.1. The van der Waals surface area contributed by atoms with Crippen LogP contribution in [-0.4, -0.2) is 111 Å². The first-order chi connectivity index (χ1) is 28.0. The van der Waals surface area contributed by atoms with Crippen LogP contribution in [0, 0.1) is 5.92 Å². The number of β-amino-alcohol motifs (C(OH)–C–C–N with tert-alkyl or cyclic N) is 1. The number of oxazole rings is 1. The summed E-state index contributed by atoms with van der Waals surface area (Å²) in [7, 11) is 0. The Morgan fingerprint density at radius 2 is 1.76 bits per heavy atom. The minimum absolute atomic E-state index is 0.0320. The Bertz CT molecular complexity index is 2090. The second-order valence-electron chi connectivity index (χ2n) is 16.7. The molecular formula is C44H53F3N6O6. The molecule has 5 heterocycles. The second-order valence-corrected chi connectivity index (χ2v) is 16.7. The summed E-state index contributed by atoms with van der Waals surface area (Å²) in [6.45, 7) is 8.93. The number of halogens is 3. The van der Waals surface area contributed by atoms with Crippen LogP contribution < -0.4 is 10.1 Å². The highest BCUT2D eigenvalue weighted by Gasteiger charge is 2.54.